The molecule has 0 radical (unpaired) electrons. The molecule has 4 N–H and O–H groups in total. The van der Waals surface area contributed by atoms with Crippen molar-refractivity contribution in [1.82, 2.24) is 19.8 Å². The van der Waals surface area contributed by atoms with E-state index < -0.39 is 0 Å². The lowest BCUT2D eigenvalue weighted by Gasteiger charge is -2.36. The predicted octanol–water partition coefficient (Wildman–Crippen LogP) is 10.7. The molecule has 11 rings (SSSR count). The summed E-state index contributed by atoms with van der Waals surface area (Å²) >= 11 is 0. The minimum atomic E-state index is -0.0221. The Hall–Kier alpha value is -6.76. The molecule has 3 unspecified atom stereocenters. The number of hydrogen-bond donors (Lipinski definition) is 3. The Morgan fingerprint density at radius 1 is 0.375 bits per heavy atom. The van der Waals surface area contributed by atoms with E-state index in [9.17, 15) is 0 Å². The molecule has 0 aliphatic carbocycles. The van der Waals surface area contributed by atoms with Gasteiger partial charge in [-0.15, -0.1) is 0 Å². The zero-order valence-corrected chi connectivity index (χ0v) is 30.8. The van der Waals surface area contributed by atoms with E-state index in [2.05, 4.69) is 225 Å². The van der Waals surface area contributed by atoms with Gasteiger partial charge in [0.05, 0.1) is 28.2 Å². The van der Waals surface area contributed by atoms with Crippen LogP contribution in [-0.2, 0) is 0 Å². The summed E-state index contributed by atoms with van der Waals surface area (Å²) in [5.74, 6) is 0. The number of rotatable bonds is 6. The van der Waals surface area contributed by atoms with Crippen LogP contribution < -0.4 is 16.0 Å². The van der Waals surface area contributed by atoms with Crippen LogP contribution in [0, 0.1) is 0 Å². The van der Waals surface area contributed by atoms with Gasteiger partial charge in [-0.2, -0.15) is 0 Å². The molecule has 0 spiro atoms. The van der Waals surface area contributed by atoms with Crippen LogP contribution in [-0.4, -0.2) is 9.13 Å². The Bertz CT molecular complexity index is 2960. The molecule has 5 nitrogen and oxygen atoms in total. The van der Waals surface area contributed by atoms with Gasteiger partial charge in [-0.25, -0.2) is 10.6 Å². The summed E-state index contributed by atoms with van der Waals surface area (Å²) in [4.78, 5) is 0. The predicted molar refractivity (Wildman–Crippen MR) is 230 cm³/mol. The first-order chi connectivity index (χ1) is 27.8. The molecule has 0 saturated carbocycles. The summed E-state index contributed by atoms with van der Waals surface area (Å²) in [7, 11) is 0. The lowest BCUT2D eigenvalue weighted by atomic mass is 9.97. The molecule has 1 fully saturated rings. The van der Waals surface area contributed by atoms with Crippen LogP contribution in [0.25, 0.3) is 66.1 Å². The molecule has 8 aromatic carbocycles. The fourth-order valence-corrected chi connectivity index (χ4v) is 9.04. The van der Waals surface area contributed by atoms with E-state index in [1.54, 1.807) is 0 Å². The third kappa shape index (κ3) is 5.36. The zero-order valence-electron chi connectivity index (χ0n) is 30.8. The molecule has 5 heteroatoms. The van der Waals surface area contributed by atoms with Crippen molar-refractivity contribution in [2.45, 2.75) is 18.5 Å². The van der Waals surface area contributed by atoms with Gasteiger partial charge in [0.2, 0.25) is 0 Å². The Balaban J connectivity index is 1.18. The number of fused-ring (bicyclic) bond motifs is 6. The minimum absolute atomic E-state index is 0.000570. The average Bonchev–Trinajstić information content (AvgIpc) is 3.79. The van der Waals surface area contributed by atoms with Gasteiger partial charge in [0, 0.05) is 49.6 Å². The van der Waals surface area contributed by atoms with Crippen LogP contribution in [0.2, 0.25) is 0 Å². The average molecular weight is 723 g/mol. The van der Waals surface area contributed by atoms with Crippen LogP contribution in [0.1, 0.15) is 35.2 Å². The molecule has 56 heavy (non-hydrogen) atoms. The Labute approximate surface area is 325 Å². The molecule has 1 aliphatic rings. The third-order valence-electron chi connectivity index (χ3n) is 11.5. The molecular formula is C51H40N5+. The second-order valence-electron chi connectivity index (χ2n) is 14.8. The molecule has 2 aromatic heterocycles. The lowest BCUT2D eigenvalue weighted by Crippen LogP contribution is -2.94. The maximum absolute atomic E-state index is 3.96. The molecule has 0 bridgehead atoms. The summed E-state index contributed by atoms with van der Waals surface area (Å²) in [6.07, 6.45) is 0.0502. The standard InChI is InChI=1S/C51H39N5/c1-5-18-34(19-6-1)46-47-42(40-28-13-15-30-44(40)55(47)38-25-11-4-12-26-38)33-43-41-29-14-16-31-45(41)56(48(43)46)39-27-17-24-37(32-39)51-53-49(35-20-7-2-8-21-35)52-50(54-51)36-22-9-3-10-23-36/h1-33,49-54H/p+1. The lowest BCUT2D eigenvalue weighted by molar-refractivity contribution is -0.755. The molecular weight excluding hydrogens is 683 g/mol. The fourth-order valence-electron chi connectivity index (χ4n) is 9.04. The first-order valence-corrected chi connectivity index (χ1v) is 19.5. The first kappa shape index (κ1) is 32.7. The zero-order chi connectivity index (χ0) is 37.0. The number of benzene rings is 8. The van der Waals surface area contributed by atoms with Crippen molar-refractivity contribution < 1.29 is 5.32 Å². The summed E-state index contributed by atoms with van der Waals surface area (Å²) in [6.45, 7) is 0. The monoisotopic (exact) mass is 722 g/mol. The normalized spacial score (nSPS) is 17.2. The van der Waals surface area contributed by atoms with Crippen molar-refractivity contribution in [3.63, 3.8) is 0 Å². The maximum atomic E-state index is 3.96. The number of hydrogen-bond acceptors (Lipinski definition) is 2. The molecule has 3 atom stereocenters. The van der Waals surface area contributed by atoms with Gasteiger partial charge in [-0.1, -0.05) is 158 Å². The van der Waals surface area contributed by atoms with Crippen molar-refractivity contribution >= 4 is 43.6 Å². The van der Waals surface area contributed by atoms with Gasteiger partial charge < -0.3 is 14.5 Å². The van der Waals surface area contributed by atoms with Crippen LogP contribution in [0.4, 0.5) is 0 Å². The Morgan fingerprint density at radius 3 is 1.46 bits per heavy atom. The second-order valence-corrected chi connectivity index (χ2v) is 14.8. The van der Waals surface area contributed by atoms with Gasteiger partial charge in [0.25, 0.3) is 0 Å². The highest BCUT2D eigenvalue weighted by Crippen LogP contribution is 2.46. The van der Waals surface area contributed by atoms with Crippen LogP contribution in [0.5, 0.6) is 0 Å². The van der Waals surface area contributed by atoms with E-state index in [1.165, 1.54) is 71.4 Å². The summed E-state index contributed by atoms with van der Waals surface area (Å²) in [6, 6.07) is 72.6. The SMILES string of the molecule is c1ccc(-c2c3c(cc4c5ccccc5n(-c5cccc(C6NC(c7ccccc7)NC(c7ccccc7)[NH2+]6)c5)c24)c2ccccc2n3-c2ccccc2)cc1. The first-order valence-electron chi connectivity index (χ1n) is 19.5. The molecule has 0 amide bonds. The van der Waals surface area contributed by atoms with Crippen LogP contribution in [0.15, 0.2) is 200 Å². The summed E-state index contributed by atoms with van der Waals surface area (Å²) in [5.41, 5.74) is 13.2. The maximum Gasteiger partial charge on any atom is 0.169 e. The van der Waals surface area contributed by atoms with Gasteiger partial charge in [0.15, 0.2) is 12.3 Å². The van der Waals surface area contributed by atoms with Crippen LogP contribution >= 0.6 is 0 Å². The highest BCUT2D eigenvalue weighted by atomic mass is 15.4. The molecule has 268 valence electrons. The highest BCUT2D eigenvalue weighted by molar-refractivity contribution is 6.25. The number of quaternary nitrogens is 1. The van der Waals surface area contributed by atoms with Crippen LogP contribution in [0.3, 0.4) is 0 Å². The van der Waals surface area contributed by atoms with Crippen molar-refractivity contribution in [2.75, 3.05) is 0 Å². The smallest absolute Gasteiger partial charge is 0.169 e. The van der Waals surface area contributed by atoms with E-state index >= 15 is 0 Å². The van der Waals surface area contributed by atoms with E-state index in [-0.39, 0.29) is 18.5 Å². The highest BCUT2D eigenvalue weighted by Gasteiger charge is 2.33. The van der Waals surface area contributed by atoms with Crippen molar-refractivity contribution in [1.29, 1.82) is 0 Å². The molecule has 3 heterocycles. The minimum Gasteiger partial charge on any atom is -0.309 e. The van der Waals surface area contributed by atoms with Gasteiger partial charge >= 0.3 is 0 Å². The van der Waals surface area contributed by atoms with Crippen molar-refractivity contribution in [3.05, 3.63) is 217 Å². The summed E-state index contributed by atoms with van der Waals surface area (Å²) < 4.78 is 4.97. The third-order valence-corrected chi connectivity index (χ3v) is 11.5. The molecule has 1 saturated heterocycles. The van der Waals surface area contributed by atoms with Gasteiger partial charge in [-0.05, 0) is 53.6 Å². The van der Waals surface area contributed by atoms with E-state index in [0.29, 0.717) is 0 Å². The number of aromatic nitrogens is 2. The van der Waals surface area contributed by atoms with E-state index in [0.717, 1.165) is 11.4 Å². The molecule has 1 aliphatic heterocycles. The Morgan fingerprint density at radius 2 is 0.839 bits per heavy atom. The van der Waals surface area contributed by atoms with E-state index in [4.69, 9.17) is 0 Å². The fraction of sp³-hybridized carbons (Fsp3) is 0.0588. The number of nitrogens with zero attached hydrogens (tertiary/aromatic N) is 2. The van der Waals surface area contributed by atoms with Gasteiger partial charge in [0.1, 0.15) is 0 Å². The molecule has 10 aromatic rings. The van der Waals surface area contributed by atoms with E-state index in [1.807, 2.05) is 0 Å². The second kappa shape index (κ2) is 13.5. The topological polar surface area (TPSA) is 50.5 Å². The number of nitrogens with one attached hydrogen (secondary N) is 2. The van der Waals surface area contributed by atoms with Crippen molar-refractivity contribution in [3.8, 4) is 22.5 Å². The number of para-hydroxylation sites is 3. The Kier molecular flexibility index (Phi) is 7.88. The largest absolute Gasteiger partial charge is 0.309 e. The summed E-state index contributed by atoms with van der Waals surface area (Å²) in [5, 5.41) is 15.2. The quantitative estimate of drug-likeness (QED) is 0.160. The number of nitrogens with two attached hydrogens (primary N) is 1. The van der Waals surface area contributed by atoms with Gasteiger partial charge in [-0.3, -0.25) is 0 Å². The van der Waals surface area contributed by atoms with Crippen molar-refractivity contribution in [2.24, 2.45) is 0 Å².